The van der Waals surface area contributed by atoms with Crippen LogP contribution < -0.4 is 10.7 Å². The van der Waals surface area contributed by atoms with Crippen molar-refractivity contribution < 1.29 is 0 Å². The lowest BCUT2D eigenvalue weighted by atomic mass is 10.5. The summed E-state index contributed by atoms with van der Waals surface area (Å²) >= 11 is 0. The summed E-state index contributed by atoms with van der Waals surface area (Å²) in [6.07, 6.45) is 3.52. The van der Waals surface area contributed by atoms with Crippen LogP contribution in [0.1, 0.15) is 5.82 Å². The number of aromatic nitrogens is 2. The summed E-state index contributed by atoms with van der Waals surface area (Å²) in [5.41, 5.74) is 0. The van der Waals surface area contributed by atoms with Crippen LogP contribution in [0.3, 0.4) is 0 Å². The average molecular weight is 134 g/mol. The molecule has 0 aliphatic rings. The van der Waals surface area contributed by atoms with Crippen LogP contribution >= 0.6 is 0 Å². The molecule has 0 unspecified atom stereocenters. The van der Waals surface area contributed by atoms with Gasteiger partial charge >= 0.3 is 0 Å². The molecule has 1 aromatic heterocycles. The monoisotopic (exact) mass is 134 g/mol. The van der Waals surface area contributed by atoms with E-state index in [9.17, 15) is 0 Å². The number of aromatic amines is 1. The van der Waals surface area contributed by atoms with Crippen molar-refractivity contribution in [1.82, 2.24) is 9.97 Å². The third kappa shape index (κ3) is 1.16. The predicted molar refractivity (Wildman–Crippen MR) is 42.8 cm³/mol. The van der Waals surface area contributed by atoms with Crippen molar-refractivity contribution >= 4 is 12.7 Å². The van der Waals surface area contributed by atoms with E-state index in [1.165, 1.54) is 0 Å². The molecule has 0 spiro atoms. The van der Waals surface area contributed by atoms with Gasteiger partial charge < -0.3 is 4.98 Å². The topological polar surface area (TPSA) is 28.7 Å². The van der Waals surface area contributed by atoms with Crippen molar-refractivity contribution in [3.63, 3.8) is 0 Å². The second-order valence-electron chi connectivity index (χ2n) is 2.09. The number of allylic oxidation sites excluding steroid dienone is 1. The van der Waals surface area contributed by atoms with Gasteiger partial charge in [-0.25, -0.2) is 4.98 Å². The maximum absolute atomic E-state index is 4.16. The molecule has 1 heterocycles. The highest BCUT2D eigenvalue weighted by Crippen LogP contribution is 1.70. The predicted octanol–water partition coefficient (Wildman–Crippen LogP) is 0.0949. The number of H-pyrrole nitrogens is 1. The molecule has 0 aromatic carbocycles. The van der Waals surface area contributed by atoms with Crippen LogP contribution in [0.4, 0.5) is 0 Å². The Morgan fingerprint density at radius 1 is 1.60 bits per heavy atom. The molecular weight excluding hydrogens is 124 g/mol. The number of hydrogen-bond acceptors (Lipinski definition) is 1. The average Bonchev–Trinajstić information content (AvgIpc) is 2.13. The Labute approximate surface area is 59.6 Å². The minimum Gasteiger partial charge on any atom is -0.343 e. The van der Waals surface area contributed by atoms with E-state index in [-0.39, 0.29) is 0 Å². The van der Waals surface area contributed by atoms with Crippen LogP contribution in [0, 0.1) is 6.92 Å². The van der Waals surface area contributed by atoms with E-state index in [2.05, 4.69) is 23.1 Å². The van der Waals surface area contributed by atoms with Crippen molar-refractivity contribution in [2.45, 2.75) is 6.92 Å². The molecule has 1 rings (SSSR count). The van der Waals surface area contributed by atoms with Gasteiger partial charge in [-0.1, -0.05) is 19.2 Å². The van der Waals surface area contributed by atoms with E-state index in [0.29, 0.717) is 0 Å². The van der Waals surface area contributed by atoms with Gasteiger partial charge in [-0.15, -0.1) is 0 Å². The molecule has 10 heavy (non-hydrogen) atoms. The molecule has 0 saturated heterocycles. The first-order valence-corrected chi connectivity index (χ1v) is 3.08. The molecule has 0 fully saturated rings. The maximum atomic E-state index is 4.16. The molecular formula is C8H10N2. The molecule has 0 atom stereocenters. The molecule has 0 aliphatic heterocycles. The Kier molecular flexibility index (Phi) is 1.71. The first-order chi connectivity index (χ1) is 4.74. The van der Waals surface area contributed by atoms with Crippen LogP contribution in [-0.2, 0) is 0 Å². The Morgan fingerprint density at radius 3 is 2.70 bits per heavy atom. The van der Waals surface area contributed by atoms with Crippen molar-refractivity contribution in [3.8, 4) is 0 Å². The summed E-state index contributed by atoms with van der Waals surface area (Å²) in [4.78, 5) is 7.15. The van der Waals surface area contributed by atoms with E-state index in [0.717, 1.165) is 16.5 Å². The molecule has 2 nitrogen and oxygen atoms in total. The van der Waals surface area contributed by atoms with Crippen LogP contribution in [0.15, 0.2) is 12.7 Å². The summed E-state index contributed by atoms with van der Waals surface area (Å²) in [5, 5.41) is 1.71. The number of imidazole rings is 1. The zero-order valence-electron chi connectivity index (χ0n) is 6.02. The first kappa shape index (κ1) is 6.81. The Balaban J connectivity index is 3.42. The Bertz CT molecular complexity index is 333. The second kappa shape index (κ2) is 2.52. The highest BCUT2D eigenvalue weighted by Gasteiger charge is 1.86. The van der Waals surface area contributed by atoms with Gasteiger partial charge in [0.15, 0.2) is 0 Å². The summed E-state index contributed by atoms with van der Waals surface area (Å²) in [5.74, 6) is 0.887. The van der Waals surface area contributed by atoms with Crippen LogP contribution in [0.5, 0.6) is 0 Å². The number of nitrogens with one attached hydrogen (secondary N) is 1. The standard InChI is InChI=1S/C8H10N2/c1-4-5-8-6(2)9-7(3)10-8/h4-5H,1-2H2,3H3,(H,9,10)/b8-5+. The quantitative estimate of drug-likeness (QED) is 0.579. The smallest absolute Gasteiger partial charge is 0.104 e. The van der Waals surface area contributed by atoms with Crippen molar-refractivity contribution in [3.05, 3.63) is 29.2 Å². The molecule has 0 saturated carbocycles. The molecule has 1 aromatic rings. The molecule has 0 amide bonds. The SMILES string of the molecule is C=C/C=c1/nc(C)[nH]c1=C. The van der Waals surface area contributed by atoms with Crippen molar-refractivity contribution in [2.24, 2.45) is 0 Å². The fraction of sp³-hybridized carbons (Fsp3) is 0.125. The second-order valence-corrected chi connectivity index (χ2v) is 2.09. The van der Waals surface area contributed by atoms with E-state index in [1.807, 2.05) is 13.0 Å². The lowest BCUT2D eigenvalue weighted by Crippen LogP contribution is -2.21. The van der Waals surface area contributed by atoms with Gasteiger partial charge in [0.1, 0.15) is 5.82 Å². The van der Waals surface area contributed by atoms with E-state index in [1.54, 1.807) is 6.08 Å². The van der Waals surface area contributed by atoms with Crippen molar-refractivity contribution in [1.29, 1.82) is 0 Å². The largest absolute Gasteiger partial charge is 0.343 e. The van der Waals surface area contributed by atoms with E-state index >= 15 is 0 Å². The van der Waals surface area contributed by atoms with Gasteiger partial charge in [0.2, 0.25) is 0 Å². The van der Waals surface area contributed by atoms with Gasteiger partial charge in [-0.3, -0.25) is 0 Å². The van der Waals surface area contributed by atoms with Gasteiger partial charge in [0, 0.05) is 0 Å². The number of aryl methyl sites for hydroxylation is 1. The minimum absolute atomic E-state index is 0.845. The van der Waals surface area contributed by atoms with Crippen molar-refractivity contribution in [2.75, 3.05) is 0 Å². The summed E-state index contributed by atoms with van der Waals surface area (Å²) < 4.78 is 0. The zero-order valence-corrected chi connectivity index (χ0v) is 6.02. The third-order valence-corrected chi connectivity index (χ3v) is 1.20. The van der Waals surface area contributed by atoms with Gasteiger partial charge in [-0.05, 0) is 13.0 Å². The molecule has 52 valence electrons. The van der Waals surface area contributed by atoms with E-state index in [4.69, 9.17) is 0 Å². The van der Waals surface area contributed by atoms with Gasteiger partial charge in [0.25, 0.3) is 0 Å². The van der Waals surface area contributed by atoms with Gasteiger partial charge in [-0.2, -0.15) is 0 Å². The summed E-state index contributed by atoms with van der Waals surface area (Å²) in [6, 6.07) is 0. The summed E-state index contributed by atoms with van der Waals surface area (Å²) in [7, 11) is 0. The number of hydrogen-bond donors (Lipinski definition) is 1. The molecule has 1 N–H and O–H groups in total. The highest BCUT2D eigenvalue weighted by molar-refractivity contribution is 5.32. The first-order valence-electron chi connectivity index (χ1n) is 3.08. The molecule has 0 radical (unpaired) electrons. The fourth-order valence-electron chi connectivity index (χ4n) is 0.808. The lowest BCUT2D eigenvalue weighted by Gasteiger charge is -1.70. The van der Waals surface area contributed by atoms with Crippen LogP contribution in [0.2, 0.25) is 0 Å². The lowest BCUT2D eigenvalue weighted by molar-refractivity contribution is 1.13. The maximum Gasteiger partial charge on any atom is 0.104 e. The highest BCUT2D eigenvalue weighted by atomic mass is 14.9. The minimum atomic E-state index is 0.845. The number of nitrogens with zero attached hydrogens (tertiary/aromatic N) is 1. The zero-order chi connectivity index (χ0) is 7.56. The van der Waals surface area contributed by atoms with Crippen LogP contribution in [0.25, 0.3) is 12.7 Å². The molecule has 2 heteroatoms. The Hall–Kier alpha value is -1.31. The van der Waals surface area contributed by atoms with Crippen LogP contribution in [-0.4, -0.2) is 9.97 Å². The summed E-state index contributed by atoms with van der Waals surface area (Å²) in [6.45, 7) is 9.23. The van der Waals surface area contributed by atoms with E-state index < -0.39 is 0 Å². The fourth-order valence-corrected chi connectivity index (χ4v) is 0.808. The molecule has 0 aliphatic carbocycles. The molecule has 0 bridgehead atoms. The number of rotatable bonds is 1. The Morgan fingerprint density at radius 2 is 2.30 bits per heavy atom. The van der Waals surface area contributed by atoms with Gasteiger partial charge in [0.05, 0.1) is 10.7 Å². The third-order valence-electron chi connectivity index (χ3n) is 1.20. The normalized spacial score (nSPS) is 11.9.